The molecule has 9 nitrogen and oxygen atoms in total. The lowest BCUT2D eigenvalue weighted by molar-refractivity contribution is 0.0931. The minimum atomic E-state index is -0.514. The van der Waals surface area contributed by atoms with Gasteiger partial charge in [-0.2, -0.15) is 9.78 Å². The van der Waals surface area contributed by atoms with Gasteiger partial charge >= 0.3 is 0 Å². The summed E-state index contributed by atoms with van der Waals surface area (Å²) in [5.41, 5.74) is 4.88. The summed E-state index contributed by atoms with van der Waals surface area (Å²) >= 11 is 0. The Labute approximate surface area is 228 Å². The molecule has 0 saturated carbocycles. The molecule has 1 unspecified atom stereocenters. The molecule has 0 amide bonds. The van der Waals surface area contributed by atoms with Crippen LogP contribution in [0.3, 0.4) is 0 Å². The van der Waals surface area contributed by atoms with Crippen LogP contribution in [0.5, 0.6) is 17.5 Å². The Morgan fingerprint density at radius 2 is 1.75 bits per heavy atom. The summed E-state index contributed by atoms with van der Waals surface area (Å²) < 4.78 is 12.9. The van der Waals surface area contributed by atoms with E-state index in [2.05, 4.69) is 20.1 Å². The van der Waals surface area contributed by atoms with Crippen LogP contribution >= 0.6 is 0 Å². The van der Waals surface area contributed by atoms with E-state index in [0.717, 1.165) is 27.6 Å². The van der Waals surface area contributed by atoms with Crippen LogP contribution in [-0.4, -0.2) is 37.7 Å². The average molecular weight is 530 g/mol. The normalized spacial score (nSPS) is 13.9. The van der Waals surface area contributed by atoms with Crippen molar-refractivity contribution in [1.29, 1.82) is 0 Å². The Balaban J connectivity index is 1.45. The molecule has 196 valence electrons. The van der Waals surface area contributed by atoms with Gasteiger partial charge in [-0.25, -0.2) is 4.98 Å². The van der Waals surface area contributed by atoms with Gasteiger partial charge in [0.05, 0.1) is 36.2 Å². The Morgan fingerprint density at radius 3 is 2.50 bits per heavy atom. The van der Waals surface area contributed by atoms with Crippen LogP contribution < -0.4 is 15.0 Å². The number of methoxy groups -OCH3 is 1. The minimum Gasteiger partial charge on any atom is -0.497 e. The second-order valence-electron chi connectivity index (χ2n) is 9.57. The quantitative estimate of drug-likeness (QED) is 0.315. The number of aromatic amines is 2. The van der Waals surface area contributed by atoms with Crippen LogP contribution in [0, 0.1) is 6.92 Å². The number of rotatable bonds is 4. The topological polar surface area (TPSA) is 115 Å². The van der Waals surface area contributed by atoms with Gasteiger partial charge in [-0.15, -0.1) is 0 Å². The number of carbonyl (C=O) groups is 1. The first kappa shape index (κ1) is 23.7. The number of hydrogen-bond donors (Lipinski definition) is 2. The van der Waals surface area contributed by atoms with E-state index in [9.17, 15) is 9.59 Å². The van der Waals surface area contributed by atoms with E-state index in [1.54, 1.807) is 7.11 Å². The molecular weight excluding hydrogens is 506 g/mol. The first-order valence-electron chi connectivity index (χ1n) is 12.7. The van der Waals surface area contributed by atoms with Crippen LogP contribution in [0.1, 0.15) is 38.8 Å². The number of H-pyrrole nitrogens is 2. The Kier molecular flexibility index (Phi) is 5.38. The maximum Gasteiger partial charge on any atom is 0.298 e. The standard InChI is InChI=1S/C31H23N5O4/c1-17-23-25(19-11-7-4-8-12-19)26-28(37)32-16-33-29(26)40-31(23)36(35-17)30(38)27-24(18-9-5-3-6-10-18)21-15-20(39-2)13-14-22(21)34-27/h3-16,25,34H,1-2H3,(H,32,33,37). The molecule has 0 radical (unpaired) electrons. The molecule has 7 rings (SSSR count). The smallest absolute Gasteiger partial charge is 0.298 e. The number of carbonyl (C=O) groups excluding carboxylic acids is 1. The van der Waals surface area contributed by atoms with Gasteiger partial charge in [0.1, 0.15) is 11.4 Å². The van der Waals surface area contributed by atoms with Gasteiger partial charge < -0.3 is 19.4 Å². The molecule has 3 aromatic carbocycles. The molecule has 40 heavy (non-hydrogen) atoms. The molecule has 0 bridgehead atoms. The third kappa shape index (κ3) is 3.55. The molecule has 4 heterocycles. The highest BCUT2D eigenvalue weighted by Gasteiger charge is 2.39. The second kappa shape index (κ2) is 9.09. The predicted molar refractivity (Wildman–Crippen MR) is 149 cm³/mol. The van der Waals surface area contributed by atoms with Crippen molar-refractivity contribution in [3.8, 4) is 28.6 Å². The molecule has 9 heteroatoms. The summed E-state index contributed by atoms with van der Waals surface area (Å²) in [6.07, 6.45) is 1.29. The summed E-state index contributed by atoms with van der Waals surface area (Å²) in [5, 5.41) is 5.49. The van der Waals surface area contributed by atoms with Gasteiger partial charge in [-0.05, 0) is 36.2 Å². The summed E-state index contributed by atoms with van der Waals surface area (Å²) in [7, 11) is 1.61. The third-order valence-electron chi connectivity index (χ3n) is 7.29. The molecule has 1 aliphatic rings. The minimum absolute atomic E-state index is 0.142. The lowest BCUT2D eigenvalue weighted by atomic mass is 9.85. The molecule has 2 N–H and O–H groups in total. The average Bonchev–Trinajstić information content (AvgIpc) is 3.54. The molecular formula is C31H23N5O4. The van der Waals surface area contributed by atoms with E-state index >= 15 is 0 Å². The van der Waals surface area contributed by atoms with Crippen LogP contribution in [0.2, 0.25) is 0 Å². The first-order chi connectivity index (χ1) is 19.5. The predicted octanol–water partition coefficient (Wildman–Crippen LogP) is 5.41. The van der Waals surface area contributed by atoms with E-state index in [1.165, 1.54) is 11.0 Å². The van der Waals surface area contributed by atoms with Crippen molar-refractivity contribution in [2.45, 2.75) is 12.8 Å². The molecule has 6 aromatic rings. The molecule has 1 aliphatic heterocycles. The van der Waals surface area contributed by atoms with E-state index < -0.39 is 11.8 Å². The maximum atomic E-state index is 14.3. The van der Waals surface area contributed by atoms with Crippen LogP contribution in [0.4, 0.5) is 0 Å². The summed E-state index contributed by atoms with van der Waals surface area (Å²) in [5.74, 6) is 0.135. The van der Waals surface area contributed by atoms with Crippen molar-refractivity contribution in [1.82, 2.24) is 24.7 Å². The van der Waals surface area contributed by atoms with Crippen molar-refractivity contribution in [2.75, 3.05) is 7.11 Å². The Bertz CT molecular complexity index is 1970. The van der Waals surface area contributed by atoms with E-state index in [0.29, 0.717) is 28.3 Å². The van der Waals surface area contributed by atoms with Crippen molar-refractivity contribution < 1.29 is 14.3 Å². The van der Waals surface area contributed by atoms with Gasteiger partial charge in [0.25, 0.3) is 11.5 Å². The maximum absolute atomic E-state index is 14.3. The molecule has 1 atom stereocenters. The zero-order valence-corrected chi connectivity index (χ0v) is 21.6. The van der Waals surface area contributed by atoms with E-state index in [1.807, 2.05) is 85.8 Å². The van der Waals surface area contributed by atoms with Gasteiger partial charge in [0, 0.05) is 16.5 Å². The summed E-state index contributed by atoms with van der Waals surface area (Å²) in [6, 6.07) is 24.9. The van der Waals surface area contributed by atoms with Gasteiger partial charge in [-0.1, -0.05) is 60.7 Å². The molecule has 0 aliphatic carbocycles. The monoisotopic (exact) mass is 529 g/mol. The molecule has 0 spiro atoms. The zero-order valence-electron chi connectivity index (χ0n) is 21.6. The number of hydrogen-bond acceptors (Lipinski definition) is 6. The highest BCUT2D eigenvalue weighted by molar-refractivity contribution is 6.10. The number of ether oxygens (including phenoxy) is 2. The van der Waals surface area contributed by atoms with Gasteiger partial charge in [0.15, 0.2) is 0 Å². The fourth-order valence-electron chi connectivity index (χ4n) is 5.50. The lowest BCUT2D eigenvalue weighted by Gasteiger charge is -2.25. The van der Waals surface area contributed by atoms with Crippen molar-refractivity contribution >= 4 is 16.8 Å². The van der Waals surface area contributed by atoms with Gasteiger partial charge in [0.2, 0.25) is 11.8 Å². The van der Waals surface area contributed by atoms with Crippen LogP contribution in [0.25, 0.3) is 22.0 Å². The van der Waals surface area contributed by atoms with Gasteiger partial charge in [-0.3, -0.25) is 9.59 Å². The molecule has 0 saturated heterocycles. The highest BCUT2D eigenvalue weighted by Crippen LogP contribution is 2.47. The summed E-state index contributed by atoms with van der Waals surface area (Å²) in [4.78, 5) is 37.6. The van der Waals surface area contributed by atoms with Crippen LogP contribution in [0.15, 0.2) is 90.0 Å². The largest absolute Gasteiger partial charge is 0.497 e. The highest BCUT2D eigenvalue weighted by atomic mass is 16.5. The number of nitrogens with one attached hydrogen (secondary N) is 2. The van der Waals surface area contributed by atoms with Crippen molar-refractivity contribution in [3.05, 3.63) is 124 Å². The Morgan fingerprint density at radius 1 is 1.00 bits per heavy atom. The third-order valence-corrected chi connectivity index (χ3v) is 7.29. The number of fused-ring (bicyclic) bond motifs is 3. The van der Waals surface area contributed by atoms with Crippen LogP contribution in [-0.2, 0) is 0 Å². The second-order valence-corrected chi connectivity index (χ2v) is 9.57. The van der Waals surface area contributed by atoms with Crippen molar-refractivity contribution in [3.63, 3.8) is 0 Å². The number of aryl methyl sites for hydroxylation is 1. The van der Waals surface area contributed by atoms with E-state index in [-0.39, 0.29) is 17.3 Å². The van der Waals surface area contributed by atoms with Crippen molar-refractivity contribution in [2.24, 2.45) is 0 Å². The Hall–Kier alpha value is -5.44. The SMILES string of the molecule is COc1ccc2[nH]c(C(=O)n3nc(C)c4c3Oc3nc[nH]c(=O)c3C4c3ccccc3)c(-c3ccccc3)c2c1. The van der Waals surface area contributed by atoms with E-state index in [4.69, 9.17) is 9.47 Å². The summed E-state index contributed by atoms with van der Waals surface area (Å²) in [6.45, 7) is 1.81. The number of nitrogens with zero attached hydrogens (tertiary/aromatic N) is 3. The number of aromatic nitrogens is 5. The fourth-order valence-corrected chi connectivity index (χ4v) is 5.50. The first-order valence-corrected chi connectivity index (χ1v) is 12.7. The zero-order chi connectivity index (χ0) is 27.4. The molecule has 0 fully saturated rings. The number of benzene rings is 3. The molecule has 3 aromatic heterocycles. The lowest BCUT2D eigenvalue weighted by Crippen LogP contribution is -2.25. The fraction of sp³-hybridized carbons (Fsp3) is 0.0968.